The fourth-order valence-corrected chi connectivity index (χ4v) is 3.44. The number of carbonyl (C=O) groups excluding carboxylic acids is 2. The molecule has 2 aliphatic rings. The minimum atomic E-state index is -0.543. The first-order chi connectivity index (χ1) is 13.5. The van der Waals surface area contributed by atoms with E-state index in [0.29, 0.717) is 24.5 Å². The fourth-order valence-electron chi connectivity index (χ4n) is 3.44. The lowest BCUT2D eigenvalue weighted by molar-refractivity contribution is -0.119. The van der Waals surface area contributed by atoms with Crippen LogP contribution < -0.4 is 15.1 Å². The molecule has 1 aromatic carbocycles. The molecule has 0 aliphatic carbocycles. The number of carbonyl (C=O) groups is 2. The zero-order valence-electron chi connectivity index (χ0n) is 16.2. The second kappa shape index (κ2) is 9.20. The number of hydrogen-bond acceptors (Lipinski definition) is 6. The van der Waals surface area contributed by atoms with Crippen LogP contribution in [-0.4, -0.2) is 64.3 Å². The summed E-state index contributed by atoms with van der Waals surface area (Å²) >= 11 is 0. The summed E-state index contributed by atoms with van der Waals surface area (Å²) in [6, 6.07) is 4.76. The molecule has 28 heavy (non-hydrogen) atoms. The first-order valence-corrected chi connectivity index (χ1v) is 9.35. The SMILES string of the molecule is COCOC1CCN(c2ccc(N3CC(CNC(C)=O)OC3=O)cc2F)CC1. The highest BCUT2D eigenvalue weighted by Gasteiger charge is 2.33. The van der Waals surface area contributed by atoms with Crippen LogP contribution in [0.25, 0.3) is 0 Å². The van der Waals surface area contributed by atoms with Gasteiger partial charge in [-0.2, -0.15) is 0 Å². The Kier molecular flexibility index (Phi) is 6.69. The third kappa shape index (κ3) is 4.90. The Bertz CT molecular complexity index is 709. The van der Waals surface area contributed by atoms with Gasteiger partial charge in [0.2, 0.25) is 5.91 Å². The Balaban J connectivity index is 1.60. The second-order valence-corrected chi connectivity index (χ2v) is 6.95. The van der Waals surface area contributed by atoms with Gasteiger partial charge in [-0.05, 0) is 31.0 Å². The summed E-state index contributed by atoms with van der Waals surface area (Å²) in [6.45, 7) is 3.54. The summed E-state index contributed by atoms with van der Waals surface area (Å²) in [7, 11) is 1.59. The molecular weight excluding hydrogens is 369 g/mol. The van der Waals surface area contributed by atoms with Gasteiger partial charge in [-0.1, -0.05) is 0 Å². The quantitative estimate of drug-likeness (QED) is 0.710. The molecule has 0 aromatic heterocycles. The Morgan fingerprint density at radius 1 is 1.36 bits per heavy atom. The molecule has 2 fully saturated rings. The van der Waals surface area contributed by atoms with Crippen LogP contribution in [0.2, 0.25) is 0 Å². The summed E-state index contributed by atoms with van der Waals surface area (Å²) in [5.41, 5.74) is 0.950. The lowest BCUT2D eigenvalue weighted by Gasteiger charge is -2.33. The van der Waals surface area contributed by atoms with Gasteiger partial charge in [-0.15, -0.1) is 0 Å². The lowest BCUT2D eigenvalue weighted by atomic mass is 10.1. The molecule has 3 rings (SSSR count). The molecule has 2 amide bonds. The van der Waals surface area contributed by atoms with E-state index in [0.717, 1.165) is 12.8 Å². The largest absolute Gasteiger partial charge is 0.442 e. The van der Waals surface area contributed by atoms with Gasteiger partial charge in [0, 0.05) is 27.1 Å². The van der Waals surface area contributed by atoms with Crippen LogP contribution in [0.5, 0.6) is 0 Å². The minimum absolute atomic E-state index is 0.124. The number of amides is 2. The van der Waals surface area contributed by atoms with Crippen LogP contribution in [0.15, 0.2) is 18.2 Å². The van der Waals surface area contributed by atoms with Gasteiger partial charge in [0.05, 0.1) is 30.6 Å². The normalized spacial score (nSPS) is 20.4. The predicted molar refractivity (Wildman–Crippen MR) is 101 cm³/mol. The van der Waals surface area contributed by atoms with E-state index in [2.05, 4.69) is 5.32 Å². The number of nitrogens with zero attached hydrogens (tertiary/aromatic N) is 2. The molecular formula is C19H26FN3O5. The van der Waals surface area contributed by atoms with Crippen LogP contribution in [-0.2, 0) is 19.0 Å². The zero-order chi connectivity index (χ0) is 20.1. The predicted octanol–water partition coefficient (Wildman–Crippen LogP) is 1.88. The Morgan fingerprint density at radius 3 is 2.75 bits per heavy atom. The highest BCUT2D eigenvalue weighted by atomic mass is 19.1. The van der Waals surface area contributed by atoms with Crippen molar-refractivity contribution < 1.29 is 28.2 Å². The third-order valence-corrected chi connectivity index (χ3v) is 4.90. The van der Waals surface area contributed by atoms with Crippen molar-refractivity contribution in [2.75, 3.05) is 49.9 Å². The monoisotopic (exact) mass is 395 g/mol. The molecule has 1 N–H and O–H groups in total. The molecule has 0 saturated carbocycles. The highest BCUT2D eigenvalue weighted by Crippen LogP contribution is 2.29. The lowest BCUT2D eigenvalue weighted by Crippen LogP contribution is -2.37. The van der Waals surface area contributed by atoms with Gasteiger partial charge in [-0.3, -0.25) is 9.69 Å². The van der Waals surface area contributed by atoms with Gasteiger partial charge in [0.1, 0.15) is 18.7 Å². The van der Waals surface area contributed by atoms with Crippen LogP contribution >= 0.6 is 0 Å². The van der Waals surface area contributed by atoms with Crippen LogP contribution in [0, 0.1) is 5.82 Å². The van der Waals surface area contributed by atoms with Crippen molar-refractivity contribution in [3.8, 4) is 0 Å². The number of cyclic esters (lactones) is 1. The summed E-state index contributed by atoms with van der Waals surface area (Å²) in [5.74, 6) is -0.576. The molecule has 0 radical (unpaired) electrons. The average molecular weight is 395 g/mol. The van der Waals surface area contributed by atoms with E-state index in [9.17, 15) is 14.0 Å². The summed E-state index contributed by atoms with van der Waals surface area (Å²) in [6.07, 6.45) is 0.726. The van der Waals surface area contributed by atoms with Crippen molar-refractivity contribution in [3.05, 3.63) is 24.0 Å². The van der Waals surface area contributed by atoms with Crippen molar-refractivity contribution in [2.24, 2.45) is 0 Å². The molecule has 8 nitrogen and oxygen atoms in total. The Morgan fingerprint density at radius 2 is 2.11 bits per heavy atom. The molecule has 2 saturated heterocycles. The maximum absolute atomic E-state index is 14.7. The van der Waals surface area contributed by atoms with Crippen molar-refractivity contribution >= 4 is 23.4 Å². The van der Waals surface area contributed by atoms with E-state index >= 15 is 0 Å². The van der Waals surface area contributed by atoms with E-state index in [1.165, 1.54) is 17.9 Å². The molecule has 1 atom stereocenters. The van der Waals surface area contributed by atoms with Gasteiger partial charge < -0.3 is 24.4 Å². The molecule has 1 aromatic rings. The molecule has 0 bridgehead atoms. The van der Waals surface area contributed by atoms with Gasteiger partial charge in [0.25, 0.3) is 0 Å². The van der Waals surface area contributed by atoms with E-state index < -0.39 is 12.2 Å². The van der Waals surface area contributed by atoms with Crippen LogP contribution in [0.4, 0.5) is 20.6 Å². The second-order valence-electron chi connectivity index (χ2n) is 6.95. The van der Waals surface area contributed by atoms with Crippen LogP contribution in [0.3, 0.4) is 0 Å². The number of methoxy groups -OCH3 is 1. The number of rotatable bonds is 7. The topological polar surface area (TPSA) is 80.3 Å². The number of nitrogens with one attached hydrogen (secondary N) is 1. The number of piperidine rings is 1. The fraction of sp³-hybridized carbons (Fsp3) is 0.579. The maximum Gasteiger partial charge on any atom is 0.414 e. The highest BCUT2D eigenvalue weighted by molar-refractivity contribution is 5.90. The van der Waals surface area contributed by atoms with Gasteiger partial charge in [-0.25, -0.2) is 9.18 Å². The Hall–Kier alpha value is -2.39. The van der Waals surface area contributed by atoms with E-state index in [4.69, 9.17) is 14.2 Å². The van der Waals surface area contributed by atoms with Crippen molar-refractivity contribution in [2.45, 2.75) is 32.0 Å². The number of anilines is 2. The number of benzene rings is 1. The van der Waals surface area contributed by atoms with Crippen molar-refractivity contribution in [1.82, 2.24) is 5.32 Å². The third-order valence-electron chi connectivity index (χ3n) is 4.90. The summed E-state index contributed by atoms with van der Waals surface area (Å²) in [5, 5.41) is 2.62. The standard InChI is InChI=1S/C19H26FN3O5/c1-13(24)21-10-16-11-23(19(25)28-16)14-3-4-18(17(20)9-14)22-7-5-15(6-8-22)27-12-26-2/h3-4,9,15-16H,5-8,10-12H2,1-2H3,(H,21,24). The Labute approximate surface area is 163 Å². The first kappa shape index (κ1) is 20.3. The molecule has 154 valence electrons. The minimum Gasteiger partial charge on any atom is -0.442 e. The number of hydrogen-bond donors (Lipinski definition) is 1. The average Bonchev–Trinajstić information content (AvgIpc) is 3.06. The van der Waals surface area contributed by atoms with Crippen molar-refractivity contribution in [3.63, 3.8) is 0 Å². The first-order valence-electron chi connectivity index (χ1n) is 9.35. The number of halogens is 1. The van der Waals surface area contributed by atoms with Gasteiger partial charge >= 0.3 is 6.09 Å². The molecule has 2 aliphatic heterocycles. The maximum atomic E-state index is 14.7. The van der Waals surface area contributed by atoms with Gasteiger partial charge in [0.15, 0.2) is 0 Å². The van der Waals surface area contributed by atoms with Crippen molar-refractivity contribution in [1.29, 1.82) is 0 Å². The molecule has 1 unspecified atom stereocenters. The van der Waals surface area contributed by atoms with E-state index in [-0.39, 0.29) is 37.7 Å². The molecule has 0 spiro atoms. The zero-order valence-corrected chi connectivity index (χ0v) is 16.2. The van der Waals surface area contributed by atoms with E-state index in [1.807, 2.05) is 4.90 Å². The smallest absolute Gasteiger partial charge is 0.414 e. The van der Waals surface area contributed by atoms with E-state index in [1.54, 1.807) is 19.2 Å². The summed E-state index contributed by atoms with van der Waals surface area (Å²) < 4.78 is 30.4. The molecule has 2 heterocycles. The molecule has 9 heteroatoms. The van der Waals surface area contributed by atoms with Crippen LogP contribution in [0.1, 0.15) is 19.8 Å². The number of ether oxygens (including phenoxy) is 3. The summed E-state index contributed by atoms with van der Waals surface area (Å²) in [4.78, 5) is 26.4.